The maximum absolute atomic E-state index is 5.97. The zero-order valence-corrected chi connectivity index (χ0v) is 13.2. The van der Waals surface area contributed by atoms with E-state index in [4.69, 9.17) is 17.0 Å². The Morgan fingerprint density at radius 3 is 3.10 bits per heavy atom. The van der Waals surface area contributed by atoms with Crippen LogP contribution >= 0.6 is 12.2 Å². The van der Waals surface area contributed by atoms with Crippen molar-refractivity contribution >= 4 is 12.2 Å². The topological polar surface area (TPSA) is 41.1 Å². The van der Waals surface area contributed by atoms with Gasteiger partial charge in [-0.25, -0.2) is 4.98 Å². The number of nitrogens with one attached hydrogen (secondary N) is 1. The van der Waals surface area contributed by atoms with E-state index in [0.29, 0.717) is 11.5 Å². The van der Waals surface area contributed by atoms with Gasteiger partial charge in [0.1, 0.15) is 12.5 Å². The lowest BCUT2D eigenvalue weighted by Gasteiger charge is -2.28. The van der Waals surface area contributed by atoms with E-state index in [1.54, 1.807) is 0 Å². The van der Waals surface area contributed by atoms with Crippen LogP contribution in [0, 0.1) is 18.6 Å². The first kappa shape index (κ1) is 14.2. The lowest BCUT2D eigenvalue weighted by Crippen LogP contribution is -2.34. The van der Waals surface area contributed by atoms with Crippen LogP contribution in [0.5, 0.6) is 5.75 Å². The summed E-state index contributed by atoms with van der Waals surface area (Å²) in [6.07, 6.45) is 2.83. The average molecular weight is 301 g/mol. The Labute approximate surface area is 129 Å². The van der Waals surface area contributed by atoms with Gasteiger partial charge in [0.2, 0.25) is 0 Å². The third-order valence-corrected chi connectivity index (χ3v) is 4.22. The predicted molar refractivity (Wildman–Crippen MR) is 84.9 cm³/mol. The summed E-state index contributed by atoms with van der Waals surface area (Å²) < 4.78 is 6.53. The SMILES string of the molecule is Cc1cccc(OCN2CCc3[nH]c(=S)ncc3C2)c1C. The van der Waals surface area contributed by atoms with Crippen LogP contribution < -0.4 is 4.74 Å². The van der Waals surface area contributed by atoms with Crippen LogP contribution in [0.25, 0.3) is 0 Å². The molecule has 1 aliphatic rings. The highest BCUT2D eigenvalue weighted by Crippen LogP contribution is 2.22. The van der Waals surface area contributed by atoms with Crippen molar-refractivity contribution in [1.29, 1.82) is 0 Å². The zero-order chi connectivity index (χ0) is 14.8. The van der Waals surface area contributed by atoms with Gasteiger partial charge in [-0.05, 0) is 43.3 Å². The minimum atomic E-state index is 0.564. The molecule has 0 fully saturated rings. The molecule has 0 amide bonds. The molecule has 0 bridgehead atoms. The first-order chi connectivity index (χ1) is 10.1. The van der Waals surface area contributed by atoms with Gasteiger partial charge in [-0.1, -0.05) is 12.1 Å². The Morgan fingerprint density at radius 1 is 1.38 bits per heavy atom. The van der Waals surface area contributed by atoms with Gasteiger partial charge < -0.3 is 9.72 Å². The number of aromatic amines is 1. The highest BCUT2D eigenvalue weighted by Gasteiger charge is 2.17. The minimum Gasteiger partial charge on any atom is -0.478 e. The summed E-state index contributed by atoms with van der Waals surface area (Å²) in [5.41, 5.74) is 4.88. The average Bonchev–Trinajstić information content (AvgIpc) is 2.49. The lowest BCUT2D eigenvalue weighted by molar-refractivity contribution is 0.112. The van der Waals surface area contributed by atoms with Crippen molar-refractivity contribution in [1.82, 2.24) is 14.9 Å². The lowest BCUT2D eigenvalue weighted by atomic mass is 10.1. The number of rotatable bonds is 3. The van der Waals surface area contributed by atoms with E-state index < -0.39 is 0 Å². The molecule has 2 heterocycles. The van der Waals surface area contributed by atoms with Crippen molar-refractivity contribution in [3.8, 4) is 5.75 Å². The number of nitrogens with zero attached hydrogens (tertiary/aromatic N) is 2. The molecule has 0 saturated carbocycles. The van der Waals surface area contributed by atoms with E-state index in [0.717, 1.165) is 25.3 Å². The van der Waals surface area contributed by atoms with Crippen LogP contribution in [-0.2, 0) is 13.0 Å². The molecule has 21 heavy (non-hydrogen) atoms. The van der Waals surface area contributed by atoms with Gasteiger partial charge in [-0.3, -0.25) is 4.90 Å². The number of fused-ring (bicyclic) bond motifs is 1. The number of benzene rings is 1. The minimum absolute atomic E-state index is 0.564. The number of ether oxygens (including phenoxy) is 1. The molecular weight excluding hydrogens is 282 g/mol. The van der Waals surface area contributed by atoms with Crippen molar-refractivity contribution in [3.05, 3.63) is 51.6 Å². The molecule has 5 heteroatoms. The summed E-state index contributed by atoms with van der Waals surface area (Å²) in [6, 6.07) is 6.17. The fourth-order valence-corrected chi connectivity index (χ4v) is 2.73. The first-order valence-electron chi connectivity index (χ1n) is 7.12. The molecule has 3 rings (SSSR count). The Bertz CT molecular complexity index is 711. The summed E-state index contributed by atoms with van der Waals surface area (Å²) in [5.74, 6) is 0.964. The molecule has 4 nitrogen and oxygen atoms in total. The molecule has 1 aliphatic heterocycles. The third kappa shape index (κ3) is 3.14. The van der Waals surface area contributed by atoms with Gasteiger partial charge in [-0.15, -0.1) is 0 Å². The van der Waals surface area contributed by atoms with Gasteiger partial charge in [0, 0.05) is 37.0 Å². The molecule has 2 aromatic rings. The zero-order valence-electron chi connectivity index (χ0n) is 12.3. The second kappa shape index (κ2) is 5.95. The van der Waals surface area contributed by atoms with Crippen LogP contribution in [0.15, 0.2) is 24.4 Å². The van der Waals surface area contributed by atoms with Crippen molar-refractivity contribution in [2.45, 2.75) is 26.8 Å². The maximum atomic E-state index is 5.97. The first-order valence-corrected chi connectivity index (χ1v) is 7.53. The van der Waals surface area contributed by atoms with E-state index in [1.165, 1.54) is 22.4 Å². The molecule has 0 spiro atoms. The molecule has 1 aromatic carbocycles. The molecule has 1 aromatic heterocycles. The standard InChI is InChI=1S/C16H19N3OS/c1-11-4-3-5-15(12(11)2)20-10-19-7-6-14-13(9-19)8-17-16(21)18-14/h3-5,8H,6-7,9-10H2,1-2H3,(H,17,18,21). The van der Waals surface area contributed by atoms with Gasteiger partial charge in [0.05, 0.1) is 0 Å². The molecular formula is C16H19N3OS. The van der Waals surface area contributed by atoms with E-state index in [9.17, 15) is 0 Å². The number of H-pyrrole nitrogens is 1. The van der Waals surface area contributed by atoms with Gasteiger partial charge in [-0.2, -0.15) is 0 Å². The molecule has 110 valence electrons. The smallest absolute Gasteiger partial charge is 0.196 e. The van der Waals surface area contributed by atoms with E-state index >= 15 is 0 Å². The summed E-state index contributed by atoms with van der Waals surface area (Å²) in [7, 11) is 0. The largest absolute Gasteiger partial charge is 0.478 e. The Hall–Kier alpha value is -1.72. The van der Waals surface area contributed by atoms with Gasteiger partial charge in [0.15, 0.2) is 4.77 Å². The summed E-state index contributed by atoms with van der Waals surface area (Å²) >= 11 is 5.06. The van der Waals surface area contributed by atoms with Crippen molar-refractivity contribution in [2.75, 3.05) is 13.3 Å². The van der Waals surface area contributed by atoms with E-state index in [-0.39, 0.29) is 0 Å². The molecule has 0 aliphatic carbocycles. The monoisotopic (exact) mass is 301 g/mol. The quantitative estimate of drug-likeness (QED) is 0.884. The third-order valence-electron chi connectivity index (χ3n) is 4.01. The molecule has 1 N–H and O–H groups in total. The second-order valence-electron chi connectivity index (χ2n) is 5.47. The Kier molecular flexibility index (Phi) is 4.03. The number of aromatic nitrogens is 2. The van der Waals surface area contributed by atoms with Gasteiger partial charge in [0.25, 0.3) is 0 Å². The Balaban J connectivity index is 1.66. The summed E-state index contributed by atoms with van der Waals surface area (Å²) in [6.45, 7) is 6.61. The Morgan fingerprint density at radius 2 is 2.24 bits per heavy atom. The molecule has 0 atom stereocenters. The molecule has 0 saturated heterocycles. The normalized spacial score (nSPS) is 14.8. The van der Waals surface area contributed by atoms with Crippen molar-refractivity contribution in [3.63, 3.8) is 0 Å². The predicted octanol–water partition coefficient (Wildman–Crippen LogP) is 3.15. The summed E-state index contributed by atoms with van der Waals surface area (Å²) in [4.78, 5) is 9.62. The highest BCUT2D eigenvalue weighted by atomic mass is 32.1. The van der Waals surface area contributed by atoms with Crippen LogP contribution in [0.1, 0.15) is 22.4 Å². The van der Waals surface area contributed by atoms with Crippen molar-refractivity contribution < 1.29 is 4.74 Å². The van der Waals surface area contributed by atoms with Crippen LogP contribution in [-0.4, -0.2) is 28.1 Å². The van der Waals surface area contributed by atoms with Crippen LogP contribution in [0.2, 0.25) is 0 Å². The fourth-order valence-electron chi connectivity index (χ4n) is 2.56. The molecule has 0 radical (unpaired) electrons. The second-order valence-corrected chi connectivity index (χ2v) is 5.85. The number of aryl methyl sites for hydroxylation is 1. The van der Waals surface area contributed by atoms with Crippen LogP contribution in [0.4, 0.5) is 0 Å². The van der Waals surface area contributed by atoms with Crippen molar-refractivity contribution in [2.24, 2.45) is 0 Å². The molecule has 0 unspecified atom stereocenters. The number of hydrogen-bond acceptors (Lipinski definition) is 4. The van der Waals surface area contributed by atoms with Crippen LogP contribution in [0.3, 0.4) is 0 Å². The number of hydrogen-bond donors (Lipinski definition) is 1. The summed E-state index contributed by atoms with van der Waals surface area (Å²) in [5, 5.41) is 0. The van der Waals surface area contributed by atoms with Gasteiger partial charge >= 0.3 is 0 Å². The van der Waals surface area contributed by atoms with E-state index in [1.807, 2.05) is 18.3 Å². The fraction of sp³-hybridized carbons (Fsp3) is 0.375. The van der Waals surface area contributed by atoms with E-state index in [2.05, 4.69) is 34.8 Å². The highest BCUT2D eigenvalue weighted by molar-refractivity contribution is 7.71. The maximum Gasteiger partial charge on any atom is 0.196 e.